The number of hydrogen-bond acceptors (Lipinski definition) is 5. The molecule has 1 amide bonds. The molecule has 182 valence electrons. The highest BCUT2D eigenvalue weighted by Crippen LogP contribution is 2.34. The van der Waals surface area contributed by atoms with E-state index in [0.29, 0.717) is 34.3 Å². The molecule has 1 aromatic heterocycles. The number of thiazole rings is 1. The van der Waals surface area contributed by atoms with Gasteiger partial charge in [0, 0.05) is 19.2 Å². The van der Waals surface area contributed by atoms with Crippen molar-refractivity contribution < 1.29 is 13.2 Å². The minimum atomic E-state index is -3.61. The Morgan fingerprint density at radius 3 is 2.37 bits per heavy atom. The number of unbranched alkanes of at least 4 members (excludes halogenated alkanes) is 1. The fourth-order valence-corrected chi connectivity index (χ4v) is 6.09. The van der Waals surface area contributed by atoms with Crippen LogP contribution in [-0.2, 0) is 16.6 Å². The zero-order valence-electron chi connectivity index (χ0n) is 19.5. The molecule has 0 radical (unpaired) electrons. The maximum absolute atomic E-state index is 13.6. The molecule has 0 fully saturated rings. The first-order chi connectivity index (χ1) is 16.8. The summed E-state index contributed by atoms with van der Waals surface area (Å²) < 4.78 is 27.9. The first kappa shape index (κ1) is 25.3. The van der Waals surface area contributed by atoms with Crippen LogP contribution in [0.3, 0.4) is 0 Å². The Morgan fingerprint density at radius 2 is 1.71 bits per heavy atom. The summed E-state index contributed by atoms with van der Waals surface area (Å²) in [6.45, 7) is 2.78. The molecule has 4 rings (SSSR count). The minimum absolute atomic E-state index is 0.161. The second-order valence-corrected chi connectivity index (χ2v) is 11.6. The predicted molar refractivity (Wildman–Crippen MR) is 143 cm³/mol. The van der Waals surface area contributed by atoms with Gasteiger partial charge in [-0.2, -0.15) is 0 Å². The molecule has 1 heterocycles. The van der Waals surface area contributed by atoms with Crippen LogP contribution in [0.1, 0.15) is 35.7 Å². The number of para-hydroxylation sites is 1. The van der Waals surface area contributed by atoms with Gasteiger partial charge in [-0.1, -0.05) is 72.7 Å². The van der Waals surface area contributed by atoms with E-state index in [1.54, 1.807) is 30.1 Å². The van der Waals surface area contributed by atoms with E-state index >= 15 is 0 Å². The summed E-state index contributed by atoms with van der Waals surface area (Å²) in [5, 5.41) is 1.05. The molecule has 0 bridgehead atoms. The quantitative estimate of drug-likeness (QED) is 0.259. The predicted octanol–water partition coefficient (Wildman–Crippen LogP) is 6.22. The van der Waals surface area contributed by atoms with E-state index in [2.05, 4.69) is 4.98 Å². The molecule has 0 unspecified atom stereocenters. The smallest absolute Gasteiger partial charge is 0.260 e. The van der Waals surface area contributed by atoms with E-state index in [1.807, 2.05) is 49.4 Å². The molecule has 0 saturated carbocycles. The van der Waals surface area contributed by atoms with Gasteiger partial charge >= 0.3 is 0 Å². The van der Waals surface area contributed by atoms with Gasteiger partial charge in [-0.05, 0) is 48.4 Å². The number of rotatable bonds is 9. The van der Waals surface area contributed by atoms with Crippen molar-refractivity contribution in [2.75, 3.05) is 18.5 Å². The number of aromatic nitrogens is 1. The Bertz CT molecular complexity index is 1420. The number of amides is 1. The van der Waals surface area contributed by atoms with E-state index in [-0.39, 0.29) is 10.8 Å². The van der Waals surface area contributed by atoms with E-state index in [4.69, 9.17) is 11.6 Å². The second kappa shape index (κ2) is 10.9. The van der Waals surface area contributed by atoms with Crippen molar-refractivity contribution >= 4 is 54.2 Å². The second-order valence-electron chi connectivity index (χ2n) is 8.16. The number of nitrogens with zero attached hydrogens (tertiary/aromatic N) is 3. The summed E-state index contributed by atoms with van der Waals surface area (Å²) in [5.74, 6) is -0.271. The van der Waals surface area contributed by atoms with Crippen molar-refractivity contribution in [3.05, 3.63) is 88.9 Å². The highest BCUT2D eigenvalue weighted by atomic mass is 35.5. The van der Waals surface area contributed by atoms with E-state index < -0.39 is 10.0 Å². The third-order valence-corrected chi connectivity index (χ3v) is 8.87. The van der Waals surface area contributed by atoms with Gasteiger partial charge in [-0.15, -0.1) is 0 Å². The van der Waals surface area contributed by atoms with Gasteiger partial charge in [-0.3, -0.25) is 9.69 Å². The lowest BCUT2D eigenvalue weighted by Crippen LogP contribution is -2.30. The topological polar surface area (TPSA) is 70.6 Å². The highest BCUT2D eigenvalue weighted by Gasteiger charge is 2.24. The normalized spacial score (nSPS) is 11.8. The number of hydrogen-bond donors (Lipinski definition) is 0. The molecular weight excluding hydrogens is 502 g/mol. The summed E-state index contributed by atoms with van der Waals surface area (Å²) in [7, 11) is -2.04. The average Bonchev–Trinajstić information content (AvgIpc) is 3.31. The van der Waals surface area contributed by atoms with Crippen molar-refractivity contribution in [3.8, 4) is 0 Å². The molecule has 0 spiro atoms. The Hall–Kier alpha value is -2.78. The Kier molecular flexibility index (Phi) is 7.86. The van der Waals surface area contributed by atoms with Crippen LogP contribution in [0.25, 0.3) is 10.2 Å². The number of fused-ring (bicyclic) bond motifs is 1. The lowest BCUT2D eigenvalue weighted by Gasteiger charge is -2.21. The summed E-state index contributed by atoms with van der Waals surface area (Å²) in [4.78, 5) is 20.1. The molecule has 0 N–H and O–H groups in total. The molecular formula is C26H26ClN3O3S2. The van der Waals surface area contributed by atoms with Crippen molar-refractivity contribution in [1.29, 1.82) is 0 Å². The summed E-state index contributed by atoms with van der Waals surface area (Å²) >= 11 is 7.72. The number of carbonyl (C=O) groups excluding carboxylic acids is 1. The molecule has 0 aliphatic carbocycles. The number of anilines is 1. The van der Waals surface area contributed by atoms with Gasteiger partial charge in [0.1, 0.15) is 5.52 Å². The Balaban J connectivity index is 1.67. The molecule has 0 atom stereocenters. The largest absolute Gasteiger partial charge is 0.279 e. The molecule has 9 heteroatoms. The molecule has 0 aliphatic heterocycles. The van der Waals surface area contributed by atoms with Gasteiger partial charge < -0.3 is 0 Å². The molecule has 3 aromatic carbocycles. The van der Waals surface area contributed by atoms with Gasteiger partial charge in [-0.25, -0.2) is 17.7 Å². The number of halogens is 1. The van der Waals surface area contributed by atoms with Crippen molar-refractivity contribution in [2.45, 2.75) is 31.2 Å². The van der Waals surface area contributed by atoms with Crippen molar-refractivity contribution in [2.24, 2.45) is 0 Å². The molecule has 4 aromatic rings. The molecule has 6 nitrogen and oxygen atoms in total. The van der Waals surface area contributed by atoms with E-state index in [0.717, 1.165) is 23.1 Å². The summed E-state index contributed by atoms with van der Waals surface area (Å²) in [6, 6.07) is 21.3. The van der Waals surface area contributed by atoms with Crippen LogP contribution in [0, 0.1) is 0 Å². The fourth-order valence-electron chi connectivity index (χ4n) is 3.62. The van der Waals surface area contributed by atoms with Crippen LogP contribution in [0.15, 0.2) is 77.7 Å². The maximum atomic E-state index is 13.6. The first-order valence-corrected chi connectivity index (χ1v) is 13.9. The van der Waals surface area contributed by atoms with Crippen LogP contribution < -0.4 is 4.90 Å². The third-order valence-electron chi connectivity index (χ3n) is 5.65. The SMILES string of the molecule is CCCCN(C)S(=O)(=O)c1ccc(C(=O)N(Cc2ccccc2)c2nc3c(Cl)cccc3s2)cc1. The zero-order valence-corrected chi connectivity index (χ0v) is 21.9. The monoisotopic (exact) mass is 527 g/mol. The van der Waals surface area contributed by atoms with Crippen LogP contribution in [-0.4, -0.2) is 37.2 Å². The van der Waals surface area contributed by atoms with Crippen LogP contribution in [0.4, 0.5) is 5.13 Å². The average molecular weight is 528 g/mol. The molecule has 0 saturated heterocycles. The van der Waals surface area contributed by atoms with E-state index in [1.165, 1.54) is 27.8 Å². The lowest BCUT2D eigenvalue weighted by molar-refractivity contribution is 0.0985. The van der Waals surface area contributed by atoms with Crippen LogP contribution >= 0.6 is 22.9 Å². The molecule has 0 aliphatic rings. The van der Waals surface area contributed by atoms with Crippen molar-refractivity contribution in [1.82, 2.24) is 9.29 Å². The number of carbonyl (C=O) groups is 1. The highest BCUT2D eigenvalue weighted by molar-refractivity contribution is 7.89. The van der Waals surface area contributed by atoms with Gasteiger partial charge in [0.2, 0.25) is 10.0 Å². The van der Waals surface area contributed by atoms with Gasteiger partial charge in [0.05, 0.1) is 21.2 Å². The Morgan fingerprint density at radius 1 is 1.00 bits per heavy atom. The van der Waals surface area contributed by atoms with Gasteiger partial charge in [0.25, 0.3) is 5.91 Å². The van der Waals surface area contributed by atoms with Crippen LogP contribution in [0.2, 0.25) is 5.02 Å². The summed E-state index contributed by atoms with van der Waals surface area (Å²) in [6.07, 6.45) is 1.69. The van der Waals surface area contributed by atoms with Gasteiger partial charge in [0.15, 0.2) is 5.13 Å². The number of sulfonamides is 1. The fraction of sp³-hybridized carbons (Fsp3) is 0.231. The standard InChI is InChI=1S/C26H26ClN3O3S2/c1-3-4-17-29(2)35(32,33)21-15-13-20(14-16-21)25(31)30(18-19-9-6-5-7-10-19)26-28-24-22(27)11-8-12-23(24)34-26/h5-16H,3-4,17-18H2,1-2H3. The zero-order chi connectivity index (χ0) is 25.0. The number of benzene rings is 3. The van der Waals surface area contributed by atoms with Crippen LogP contribution in [0.5, 0.6) is 0 Å². The molecule has 35 heavy (non-hydrogen) atoms. The minimum Gasteiger partial charge on any atom is -0.279 e. The van der Waals surface area contributed by atoms with E-state index in [9.17, 15) is 13.2 Å². The van der Waals surface area contributed by atoms with Crippen molar-refractivity contribution in [3.63, 3.8) is 0 Å². The Labute approximate surface area is 214 Å². The summed E-state index contributed by atoms with van der Waals surface area (Å²) in [5.41, 5.74) is 1.97. The maximum Gasteiger partial charge on any atom is 0.260 e. The first-order valence-electron chi connectivity index (χ1n) is 11.3. The lowest BCUT2D eigenvalue weighted by atomic mass is 10.1. The third kappa shape index (κ3) is 5.56.